The van der Waals surface area contributed by atoms with Gasteiger partial charge in [0.15, 0.2) is 0 Å². The molecule has 0 amide bonds. The van der Waals surface area contributed by atoms with Gasteiger partial charge >= 0.3 is 0 Å². The van der Waals surface area contributed by atoms with Crippen molar-refractivity contribution in [1.29, 1.82) is 0 Å². The monoisotopic (exact) mass is 203 g/mol. The lowest BCUT2D eigenvalue weighted by molar-refractivity contribution is 0.101. The Kier molecular flexibility index (Phi) is 9.35. The average Bonchev–Trinajstić information content (AvgIpc) is 2.18. The second-order valence-corrected chi connectivity index (χ2v) is 3.72. The van der Waals surface area contributed by atoms with Crippen LogP contribution >= 0.6 is 0 Å². The molecule has 0 spiro atoms. The molecule has 0 aromatic heterocycles. The molecule has 0 fully saturated rings. The molecule has 3 nitrogen and oxygen atoms in total. The largest absolute Gasteiger partial charge is 0.396 e. The third-order valence-corrected chi connectivity index (χ3v) is 2.54. The summed E-state index contributed by atoms with van der Waals surface area (Å²) in [5.41, 5.74) is 0. The van der Waals surface area contributed by atoms with Crippen LogP contribution in [0, 0.1) is 0 Å². The maximum absolute atomic E-state index is 8.65. The summed E-state index contributed by atoms with van der Waals surface area (Å²) >= 11 is 0. The van der Waals surface area contributed by atoms with Gasteiger partial charge in [-0.3, -0.25) is 4.90 Å². The molecule has 0 rings (SSSR count). The van der Waals surface area contributed by atoms with Gasteiger partial charge in [0, 0.05) is 19.8 Å². The van der Waals surface area contributed by atoms with E-state index < -0.39 is 0 Å². The Morgan fingerprint density at radius 2 is 2.00 bits per heavy atom. The Hall–Kier alpha value is -0.120. The molecular weight excluding hydrogens is 178 g/mol. The van der Waals surface area contributed by atoms with Crippen LogP contribution in [0.15, 0.2) is 0 Å². The van der Waals surface area contributed by atoms with E-state index in [2.05, 4.69) is 18.7 Å². The highest BCUT2D eigenvalue weighted by molar-refractivity contribution is 4.64. The van der Waals surface area contributed by atoms with E-state index in [1.807, 2.05) is 0 Å². The maximum atomic E-state index is 8.65. The number of hydrogen-bond acceptors (Lipinski definition) is 3. The van der Waals surface area contributed by atoms with E-state index >= 15 is 0 Å². The van der Waals surface area contributed by atoms with Crippen LogP contribution in [0.5, 0.6) is 0 Å². The minimum atomic E-state index is 0.319. The molecule has 0 heterocycles. The van der Waals surface area contributed by atoms with Gasteiger partial charge < -0.3 is 9.84 Å². The van der Waals surface area contributed by atoms with Crippen LogP contribution < -0.4 is 0 Å². The van der Waals surface area contributed by atoms with Gasteiger partial charge in [-0.25, -0.2) is 0 Å². The topological polar surface area (TPSA) is 32.7 Å². The summed E-state index contributed by atoms with van der Waals surface area (Å²) in [6.45, 7) is 7.68. The SMILES string of the molecule is CCN(CCCCCO)C(C)COC. The molecule has 0 saturated heterocycles. The highest BCUT2D eigenvalue weighted by Crippen LogP contribution is 2.03. The summed E-state index contributed by atoms with van der Waals surface area (Å²) in [6.07, 6.45) is 3.21. The second kappa shape index (κ2) is 9.44. The Bertz CT molecular complexity index is 120. The van der Waals surface area contributed by atoms with E-state index in [-0.39, 0.29) is 0 Å². The van der Waals surface area contributed by atoms with Crippen molar-refractivity contribution < 1.29 is 9.84 Å². The van der Waals surface area contributed by atoms with E-state index in [0.717, 1.165) is 32.5 Å². The number of rotatable bonds is 9. The van der Waals surface area contributed by atoms with Crippen LogP contribution in [0.2, 0.25) is 0 Å². The second-order valence-electron chi connectivity index (χ2n) is 3.72. The molecule has 0 saturated carbocycles. The number of ether oxygens (including phenoxy) is 1. The molecule has 0 bridgehead atoms. The predicted octanol–water partition coefficient (Wildman–Crippen LogP) is 1.51. The van der Waals surface area contributed by atoms with Crippen LogP contribution in [0.1, 0.15) is 33.1 Å². The van der Waals surface area contributed by atoms with Gasteiger partial charge in [0.05, 0.1) is 6.61 Å². The quantitative estimate of drug-likeness (QED) is 0.577. The van der Waals surface area contributed by atoms with Crippen molar-refractivity contribution in [2.24, 2.45) is 0 Å². The van der Waals surface area contributed by atoms with Gasteiger partial charge in [-0.2, -0.15) is 0 Å². The molecule has 14 heavy (non-hydrogen) atoms. The van der Waals surface area contributed by atoms with Crippen LogP contribution in [-0.4, -0.2) is 49.5 Å². The summed E-state index contributed by atoms with van der Waals surface area (Å²) in [5, 5.41) is 8.65. The van der Waals surface area contributed by atoms with Gasteiger partial charge in [-0.05, 0) is 39.3 Å². The number of likely N-dealkylation sites (N-methyl/N-ethyl adjacent to an activating group) is 1. The molecule has 0 aliphatic heterocycles. The molecular formula is C11H25NO2. The Labute approximate surface area is 88.1 Å². The van der Waals surface area contributed by atoms with Gasteiger partial charge in [0.2, 0.25) is 0 Å². The fourth-order valence-electron chi connectivity index (χ4n) is 1.64. The zero-order valence-electron chi connectivity index (χ0n) is 9.83. The summed E-state index contributed by atoms with van der Waals surface area (Å²) in [4.78, 5) is 2.42. The van der Waals surface area contributed by atoms with Crippen molar-refractivity contribution in [2.75, 3.05) is 33.4 Å². The third-order valence-electron chi connectivity index (χ3n) is 2.54. The average molecular weight is 203 g/mol. The van der Waals surface area contributed by atoms with E-state index in [1.165, 1.54) is 6.42 Å². The Morgan fingerprint density at radius 3 is 2.50 bits per heavy atom. The highest BCUT2D eigenvalue weighted by Gasteiger charge is 2.10. The van der Waals surface area contributed by atoms with Crippen molar-refractivity contribution in [3.63, 3.8) is 0 Å². The molecule has 1 unspecified atom stereocenters. The first-order valence-electron chi connectivity index (χ1n) is 5.60. The molecule has 0 aliphatic carbocycles. The van der Waals surface area contributed by atoms with Crippen molar-refractivity contribution >= 4 is 0 Å². The molecule has 0 aromatic rings. The van der Waals surface area contributed by atoms with E-state index in [9.17, 15) is 0 Å². The van der Waals surface area contributed by atoms with Gasteiger partial charge in [-0.15, -0.1) is 0 Å². The van der Waals surface area contributed by atoms with E-state index in [1.54, 1.807) is 7.11 Å². The van der Waals surface area contributed by atoms with Gasteiger partial charge in [0.1, 0.15) is 0 Å². The van der Waals surface area contributed by atoms with Crippen molar-refractivity contribution in [1.82, 2.24) is 4.90 Å². The fourth-order valence-corrected chi connectivity index (χ4v) is 1.64. The predicted molar refractivity (Wildman–Crippen MR) is 59.5 cm³/mol. The molecule has 3 heteroatoms. The lowest BCUT2D eigenvalue weighted by atomic mass is 10.2. The maximum Gasteiger partial charge on any atom is 0.0615 e. The first kappa shape index (κ1) is 13.9. The van der Waals surface area contributed by atoms with Crippen LogP contribution in [-0.2, 0) is 4.74 Å². The zero-order chi connectivity index (χ0) is 10.8. The van der Waals surface area contributed by atoms with E-state index in [4.69, 9.17) is 9.84 Å². The smallest absolute Gasteiger partial charge is 0.0615 e. The normalized spacial score (nSPS) is 13.5. The third kappa shape index (κ3) is 6.35. The summed E-state index contributed by atoms with van der Waals surface area (Å²) in [5.74, 6) is 0. The molecule has 1 N–H and O–H groups in total. The zero-order valence-corrected chi connectivity index (χ0v) is 9.83. The summed E-state index contributed by atoms with van der Waals surface area (Å²) in [6, 6.07) is 0.499. The first-order valence-corrected chi connectivity index (χ1v) is 5.60. The fraction of sp³-hybridized carbons (Fsp3) is 1.00. The van der Waals surface area contributed by atoms with E-state index in [0.29, 0.717) is 12.6 Å². The number of aliphatic hydroxyl groups is 1. The summed E-state index contributed by atoms with van der Waals surface area (Å²) < 4.78 is 5.13. The van der Waals surface area contributed by atoms with Crippen LogP contribution in [0.4, 0.5) is 0 Å². The summed E-state index contributed by atoms with van der Waals surface area (Å²) in [7, 11) is 1.75. The standard InChI is InChI=1S/C11H25NO2/c1-4-12(11(2)10-14-3)8-6-5-7-9-13/h11,13H,4-10H2,1-3H3. The number of unbranched alkanes of at least 4 members (excludes halogenated alkanes) is 2. The minimum Gasteiger partial charge on any atom is -0.396 e. The lowest BCUT2D eigenvalue weighted by Crippen LogP contribution is -2.36. The van der Waals surface area contributed by atoms with Gasteiger partial charge in [0.25, 0.3) is 0 Å². The van der Waals surface area contributed by atoms with Crippen LogP contribution in [0.25, 0.3) is 0 Å². The highest BCUT2D eigenvalue weighted by atomic mass is 16.5. The number of methoxy groups -OCH3 is 1. The number of nitrogens with zero attached hydrogens (tertiary/aromatic N) is 1. The molecule has 86 valence electrons. The van der Waals surface area contributed by atoms with Crippen molar-refractivity contribution in [2.45, 2.75) is 39.2 Å². The van der Waals surface area contributed by atoms with Crippen molar-refractivity contribution in [3.8, 4) is 0 Å². The van der Waals surface area contributed by atoms with Gasteiger partial charge in [-0.1, -0.05) is 6.92 Å². The molecule has 0 aliphatic rings. The lowest BCUT2D eigenvalue weighted by Gasteiger charge is -2.27. The van der Waals surface area contributed by atoms with Crippen molar-refractivity contribution in [3.05, 3.63) is 0 Å². The van der Waals surface area contributed by atoms with Crippen LogP contribution in [0.3, 0.4) is 0 Å². The first-order chi connectivity index (χ1) is 6.76. The Morgan fingerprint density at radius 1 is 1.29 bits per heavy atom. The molecule has 0 radical (unpaired) electrons. The number of hydrogen-bond donors (Lipinski definition) is 1. The minimum absolute atomic E-state index is 0.319. The molecule has 1 atom stereocenters. The Balaban J connectivity index is 3.56. The number of aliphatic hydroxyl groups excluding tert-OH is 1. The molecule has 0 aromatic carbocycles.